The molecule has 17 heavy (non-hydrogen) atoms. The van der Waals surface area contributed by atoms with E-state index >= 15 is 0 Å². The zero-order valence-corrected chi connectivity index (χ0v) is 13.1. The van der Waals surface area contributed by atoms with Crippen LogP contribution in [0.25, 0.3) is 0 Å². The average Bonchev–Trinajstić information content (AvgIpc) is 2.69. The minimum atomic E-state index is -0.570. The Morgan fingerprint density at radius 2 is 2.35 bits per heavy atom. The summed E-state index contributed by atoms with van der Waals surface area (Å²) >= 11 is 1.35. The number of ether oxygens (including phenoxy) is 1. The first-order valence-electron chi connectivity index (χ1n) is 5.08. The molecule has 0 saturated carbocycles. The predicted octanol–water partition coefficient (Wildman–Crippen LogP) is -1.07. The summed E-state index contributed by atoms with van der Waals surface area (Å²) in [4.78, 5) is 22.1. The summed E-state index contributed by atoms with van der Waals surface area (Å²) in [5.74, 6) is -0.100. The van der Waals surface area contributed by atoms with Gasteiger partial charge in [0, 0.05) is 0 Å². The molecular weight excluding hydrogens is 249 g/mol. The molecule has 0 spiro atoms. The van der Waals surface area contributed by atoms with Crippen molar-refractivity contribution < 1.29 is 45.3 Å². The third kappa shape index (κ3) is 6.21. The molecule has 0 fully saturated rings. The molecule has 0 aromatic carbocycles. The minimum absolute atomic E-state index is 0. The van der Waals surface area contributed by atoms with E-state index < -0.39 is 12.0 Å². The van der Waals surface area contributed by atoms with Crippen LogP contribution < -0.4 is 39.6 Å². The van der Waals surface area contributed by atoms with Crippen LogP contribution in [0.3, 0.4) is 0 Å². The van der Waals surface area contributed by atoms with Crippen LogP contribution in [0.15, 0.2) is 17.5 Å². The van der Waals surface area contributed by atoms with Gasteiger partial charge in [-0.2, -0.15) is 0 Å². The van der Waals surface area contributed by atoms with Gasteiger partial charge in [-0.1, -0.05) is 13.8 Å². The summed E-state index contributed by atoms with van der Waals surface area (Å²) < 4.78 is 5.13. The monoisotopic (exact) mass is 265 g/mol. The van der Waals surface area contributed by atoms with Crippen LogP contribution in [0, 0.1) is 5.92 Å². The first kappa shape index (κ1) is 16.6. The fourth-order valence-corrected chi connectivity index (χ4v) is 1.86. The van der Waals surface area contributed by atoms with Gasteiger partial charge in [-0.25, -0.2) is 4.79 Å². The molecule has 6 heteroatoms. The Labute approximate surface area is 129 Å². The summed E-state index contributed by atoms with van der Waals surface area (Å²) in [5, 5.41) is 4.85. The molecule has 1 N–H and O–H groups in total. The van der Waals surface area contributed by atoms with Gasteiger partial charge in [-0.3, -0.25) is 4.79 Å². The van der Waals surface area contributed by atoms with E-state index in [9.17, 15) is 9.59 Å². The molecule has 0 radical (unpaired) electrons. The maximum atomic E-state index is 11.7. The van der Waals surface area contributed by atoms with E-state index in [0.29, 0.717) is 23.8 Å². The molecule has 1 amide bonds. The van der Waals surface area contributed by atoms with Gasteiger partial charge >= 0.3 is 35.5 Å². The number of rotatable bonds is 6. The average molecular weight is 265 g/mol. The molecule has 0 saturated heterocycles. The molecular formula is C11H16NNaO3S. The van der Waals surface area contributed by atoms with Gasteiger partial charge in [-0.15, -0.1) is 11.3 Å². The van der Waals surface area contributed by atoms with Crippen molar-refractivity contribution in [2.45, 2.75) is 26.3 Å². The Morgan fingerprint density at radius 3 is 2.82 bits per heavy atom. The molecule has 0 unspecified atom stereocenters. The minimum Gasteiger partial charge on any atom is -1.00 e. The van der Waals surface area contributed by atoms with Gasteiger partial charge in [0.1, 0.15) is 6.04 Å². The molecule has 4 nitrogen and oxygen atoms in total. The Morgan fingerprint density at radius 1 is 1.65 bits per heavy atom. The Bertz CT molecular complexity index is 346. The number of thiophene rings is 1. The molecule has 1 aromatic heterocycles. The largest absolute Gasteiger partial charge is 1.00 e. The van der Waals surface area contributed by atoms with Crippen molar-refractivity contribution >= 4 is 23.7 Å². The number of hydrogen-bond acceptors (Lipinski definition) is 4. The van der Waals surface area contributed by atoms with Crippen molar-refractivity contribution in [2.24, 2.45) is 5.92 Å². The van der Waals surface area contributed by atoms with Crippen LogP contribution in [-0.2, 0) is 9.59 Å². The molecule has 0 aliphatic rings. The second-order valence-electron chi connectivity index (χ2n) is 3.82. The SMILES string of the molecule is CC(C)C[C@H](NC=O)C(=O)Oc1cccs1.[H-].[Na+]. The van der Waals surface area contributed by atoms with Gasteiger partial charge in [-0.05, 0) is 29.9 Å². The van der Waals surface area contributed by atoms with Gasteiger partial charge < -0.3 is 11.5 Å². The number of esters is 1. The van der Waals surface area contributed by atoms with E-state index in [-0.39, 0.29) is 31.0 Å². The molecule has 1 aromatic rings. The van der Waals surface area contributed by atoms with Crippen LogP contribution in [0.4, 0.5) is 0 Å². The molecule has 0 bridgehead atoms. The maximum Gasteiger partial charge on any atom is 1.00 e. The van der Waals surface area contributed by atoms with Crippen molar-refractivity contribution in [3.05, 3.63) is 17.5 Å². The van der Waals surface area contributed by atoms with Crippen LogP contribution in [0.5, 0.6) is 5.06 Å². The zero-order chi connectivity index (χ0) is 12.0. The summed E-state index contributed by atoms with van der Waals surface area (Å²) in [6.45, 7) is 3.97. The Balaban J connectivity index is 0. The van der Waals surface area contributed by atoms with E-state index in [1.54, 1.807) is 12.1 Å². The van der Waals surface area contributed by atoms with E-state index in [0.717, 1.165) is 0 Å². The molecule has 1 heterocycles. The molecule has 0 aliphatic heterocycles. The van der Waals surface area contributed by atoms with Crippen LogP contribution in [0.2, 0.25) is 0 Å². The first-order chi connectivity index (χ1) is 7.63. The van der Waals surface area contributed by atoms with Crippen LogP contribution in [-0.4, -0.2) is 18.4 Å². The van der Waals surface area contributed by atoms with Crippen molar-refractivity contribution in [1.29, 1.82) is 0 Å². The maximum absolute atomic E-state index is 11.7. The Hall–Kier alpha value is -0.360. The van der Waals surface area contributed by atoms with E-state index in [1.165, 1.54) is 11.3 Å². The van der Waals surface area contributed by atoms with Crippen molar-refractivity contribution in [3.63, 3.8) is 0 Å². The van der Waals surface area contributed by atoms with Crippen molar-refractivity contribution in [2.75, 3.05) is 0 Å². The van der Waals surface area contributed by atoms with Crippen LogP contribution in [0.1, 0.15) is 21.7 Å². The quantitative estimate of drug-likeness (QED) is 0.405. The van der Waals surface area contributed by atoms with Gasteiger partial charge in [0.25, 0.3) is 0 Å². The van der Waals surface area contributed by atoms with Gasteiger partial charge in [0.05, 0.1) is 0 Å². The summed E-state index contributed by atoms with van der Waals surface area (Å²) in [6.07, 6.45) is 1.10. The number of nitrogens with one attached hydrogen (secondary N) is 1. The second-order valence-corrected chi connectivity index (χ2v) is 4.73. The van der Waals surface area contributed by atoms with Crippen molar-refractivity contribution in [3.8, 4) is 5.06 Å². The number of hydrogen-bond donors (Lipinski definition) is 1. The smallest absolute Gasteiger partial charge is 1.00 e. The first-order valence-corrected chi connectivity index (χ1v) is 5.96. The third-order valence-corrected chi connectivity index (χ3v) is 2.70. The number of carbonyl (C=O) groups excluding carboxylic acids is 2. The van der Waals surface area contributed by atoms with E-state index in [4.69, 9.17) is 4.74 Å². The summed E-state index contributed by atoms with van der Waals surface area (Å²) in [5.41, 5.74) is 0. The topological polar surface area (TPSA) is 55.4 Å². The van der Waals surface area contributed by atoms with Gasteiger partial charge in [0.2, 0.25) is 6.41 Å². The van der Waals surface area contributed by atoms with Gasteiger partial charge in [0.15, 0.2) is 5.06 Å². The molecule has 1 atom stereocenters. The summed E-state index contributed by atoms with van der Waals surface area (Å²) in [7, 11) is 0. The number of carbonyl (C=O) groups is 2. The third-order valence-electron chi connectivity index (χ3n) is 1.96. The van der Waals surface area contributed by atoms with Crippen molar-refractivity contribution in [1.82, 2.24) is 5.32 Å². The molecule has 90 valence electrons. The second kappa shape index (κ2) is 8.69. The predicted molar refractivity (Wildman–Crippen MR) is 63.5 cm³/mol. The zero-order valence-electron chi connectivity index (χ0n) is 11.3. The summed E-state index contributed by atoms with van der Waals surface area (Å²) in [6, 6.07) is 2.95. The molecule has 1 rings (SSSR count). The molecule has 0 aliphatic carbocycles. The Kier molecular flexibility index (Phi) is 8.51. The van der Waals surface area contributed by atoms with Crippen LogP contribution >= 0.6 is 11.3 Å². The van der Waals surface area contributed by atoms with E-state index in [1.807, 2.05) is 19.2 Å². The fraction of sp³-hybridized carbons (Fsp3) is 0.455. The van der Waals surface area contributed by atoms with E-state index in [2.05, 4.69) is 5.32 Å². The fourth-order valence-electron chi connectivity index (χ4n) is 1.28. The number of amides is 1. The standard InChI is InChI=1S/C11H15NO3S.Na.H/c1-8(2)6-9(12-7-13)11(14)15-10-4-3-5-16-10;;/h3-5,7-9H,6H2,1-2H3,(H,12,13);;/q;+1;-1/t9-;;/m0../s1. The normalized spacial score (nSPS) is 11.5.